The molecule has 46 valence electrons. The van der Waals surface area contributed by atoms with E-state index in [0.717, 1.165) is 4.83 Å². The average molecular weight is 177 g/mol. The number of hydrogen-bond donors (Lipinski definition) is 1. The summed E-state index contributed by atoms with van der Waals surface area (Å²) in [7, 11) is 0. The van der Waals surface area contributed by atoms with E-state index in [0.29, 0.717) is 17.9 Å². The van der Waals surface area contributed by atoms with Crippen molar-refractivity contribution in [1.82, 2.24) is 0 Å². The van der Waals surface area contributed by atoms with Crippen LogP contribution in [-0.2, 0) is 0 Å². The highest BCUT2D eigenvalue weighted by Crippen LogP contribution is 2.73. The van der Waals surface area contributed by atoms with Crippen LogP contribution in [0.1, 0.15) is 12.8 Å². The van der Waals surface area contributed by atoms with Crippen molar-refractivity contribution in [3.05, 3.63) is 0 Å². The summed E-state index contributed by atoms with van der Waals surface area (Å²) in [6, 6.07) is 0. The van der Waals surface area contributed by atoms with Gasteiger partial charge in [-0.15, -0.1) is 0 Å². The van der Waals surface area contributed by atoms with E-state index < -0.39 is 0 Å². The molecule has 2 aliphatic carbocycles. The molecule has 0 unspecified atom stereocenters. The maximum Gasteiger partial charge on any atom is 0.0465 e. The van der Waals surface area contributed by atoms with Crippen molar-refractivity contribution >= 4 is 15.9 Å². The highest BCUT2D eigenvalue weighted by atomic mass is 79.9. The predicted octanol–water partition coefficient (Wildman–Crippen LogP) is 1.15. The molecule has 0 aromatic rings. The minimum Gasteiger partial charge on any atom is -0.396 e. The monoisotopic (exact) mass is 176 g/mol. The van der Waals surface area contributed by atoms with Gasteiger partial charge in [-0.2, -0.15) is 0 Å². The Labute approximate surface area is 57.2 Å². The Hall–Kier alpha value is 0.440. The molecule has 2 fully saturated rings. The summed E-state index contributed by atoms with van der Waals surface area (Å²) in [6.07, 6.45) is 2.57. The van der Waals surface area contributed by atoms with Gasteiger partial charge < -0.3 is 5.11 Å². The van der Waals surface area contributed by atoms with E-state index in [4.69, 9.17) is 5.11 Å². The summed E-state index contributed by atoms with van der Waals surface area (Å²) in [5, 5.41) is 8.68. The fraction of sp³-hybridized carbons (Fsp3) is 1.00. The molecule has 3 atom stereocenters. The first-order valence-electron chi connectivity index (χ1n) is 3.04. The average Bonchev–Trinajstić information content (AvgIpc) is 2.55. The smallest absolute Gasteiger partial charge is 0.0465 e. The number of halogens is 1. The van der Waals surface area contributed by atoms with Gasteiger partial charge in [0.1, 0.15) is 0 Å². The standard InChI is InChI=1S/C6H9BrO/c7-5-2-6(5)1-4(6)3-8/h4-5,8H,1-3H2/t4-,5+,6-/m1/s1. The van der Waals surface area contributed by atoms with Crippen LogP contribution in [0.3, 0.4) is 0 Å². The molecule has 0 bridgehead atoms. The second kappa shape index (κ2) is 1.29. The summed E-state index contributed by atoms with van der Waals surface area (Å²) >= 11 is 3.54. The molecule has 2 heteroatoms. The van der Waals surface area contributed by atoms with Crippen LogP contribution >= 0.6 is 15.9 Å². The molecule has 0 aromatic heterocycles. The predicted molar refractivity (Wildman–Crippen MR) is 35.0 cm³/mol. The van der Waals surface area contributed by atoms with Crippen molar-refractivity contribution in [2.45, 2.75) is 17.7 Å². The minimum atomic E-state index is 0.405. The topological polar surface area (TPSA) is 20.2 Å². The van der Waals surface area contributed by atoms with E-state index in [1.807, 2.05) is 0 Å². The van der Waals surface area contributed by atoms with Crippen LogP contribution < -0.4 is 0 Å². The zero-order valence-corrected chi connectivity index (χ0v) is 6.19. The van der Waals surface area contributed by atoms with Gasteiger partial charge in [-0.1, -0.05) is 15.9 Å². The Morgan fingerprint density at radius 1 is 1.62 bits per heavy atom. The third-order valence-corrected chi connectivity index (χ3v) is 3.76. The fourth-order valence-electron chi connectivity index (χ4n) is 1.55. The molecule has 2 rings (SSSR count). The van der Waals surface area contributed by atoms with Gasteiger partial charge in [-0.25, -0.2) is 0 Å². The second-order valence-electron chi connectivity index (χ2n) is 2.99. The number of rotatable bonds is 1. The Morgan fingerprint density at radius 2 is 2.25 bits per heavy atom. The molecule has 1 spiro atoms. The van der Waals surface area contributed by atoms with Crippen LogP contribution in [0.4, 0.5) is 0 Å². The van der Waals surface area contributed by atoms with Crippen molar-refractivity contribution in [3.8, 4) is 0 Å². The third-order valence-electron chi connectivity index (χ3n) is 2.52. The molecule has 0 aliphatic heterocycles. The summed E-state index contributed by atoms with van der Waals surface area (Å²) in [5.74, 6) is 0.645. The minimum absolute atomic E-state index is 0.405. The van der Waals surface area contributed by atoms with Crippen molar-refractivity contribution in [1.29, 1.82) is 0 Å². The van der Waals surface area contributed by atoms with Gasteiger partial charge in [-0.3, -0.25) is 0 Å². The lowest BCUT2D eigenvalue weighted by atomic mass is 10.3. The van der Waals surface area contributed by atoms with Crippen LogP contribution in [0.5, 0.6) is 0 Å². The van der Waals surface area contributed by atoms with Crippen molar-refractivity contribution in [3.63, 3.8) is 0 Å². The third kappa shape index (κ3) is 0.456. The summed E-state index contributed by atoms with van der Waals surface area (Å²) in [5.41, 5.74) is 0.592. The first kappa shape index (κ1) is 5.24. The molecule has 0 aromatic carbocycles. The molecule has 0 saturated heterocycles. The molecular weight excluding hydrogens is 168 g/mol. The lowest BCUT2D eigenvalue weighted by Crippen LogP contribution is -1.88. The zero-order chi connectivity index (χ0) is 5.78. The van der Waals surface area contributed by atoms with E-state index in [2.05, 4.69) is 15.9 Å². The number of aliphatic hydroxyl groups is 1. The van der Waals surface area contributed by atoms with E-state index in [1.54, 1.807) is 0 Å². The maximum atomic E-state index is 8.68. The van der Waals surface area contributed by atoms with Gasteiger partial charge in [0, 0.05) is 11.4 Å². The molecule has 0 radical (unpaired) electrons. The Kier molecular flexibility index (Phi) is 0.848. The van der Waals surface area contributed by atoms with E-state index in [-0.39, 0.29) is 0 Å². The van der Waals surface area contributed by atoms with Crippen LogP contribution in [0, 0.1) is 11.3 Å². The Morgan fingerprint density at radius 3 is 2.38 bits per heavy atom. The number of hydrogen-bond acceptors (Lipinski definition) is 1. The Bertz CT molecular complexity index is 126. The van der Waals surface area contributed by atoms with Gasteiger partial charge in [-0.05, 0) is 24.2 Å². The first-order valence-corrected chi connectivity index (χ1v) is 3.96. The summed E-state index contributed by atoms with van der Waals surface area (Å²) in [6.45, 7) is 0.405. The van der Waals surface area contributed by atoms with Crippen LogP contribution in [0.25, 0.3) is 0 Å². The van der Waals surface area contributed by atoms with Crippen molar-refractivity contribution in [2.24, 2.45) is 11.3 Å². The molecular formula is C6H9BrO. The van der Waals surface area contributed by atoms with E-state index in [1.165, 1.54) is 12.8 Å². The summed E-state index contributed by atoms with van der Waals surface area (Å²) in [4.78, 5) is 0.743. The molecule has 1 nitrogen and oxygen atoms in total. The van der Waals surface area contributed by atoms with Crippen molar-refractivity contribution in [2.75, 3.05) is 6.61 Å². The normalized spacial score (nSPS) is 59.2. The molecule has 2 saturated carbocycles. The summed E-state index contributed by atoms with van der Waals surface area (Å²) < 4.78 is 0. The second-order valence-corrected chi connectivity index (χ2v) is 4.09. The lowest BCUT2D eigenvalue weighted by molar-refractivity contribution is 0.267. The Balaban J connectivity index is 1.97. The van der Waals surface area contributed by atoms with Crippen LogP contribution in [-0.4, -0.2) is 16.5 Å². The maximum absolute atomic E-state index is 8.68. The largest absolute Gasteiger partial charge is 0.396 e. The van der Waals surface area contributed by atoms with E-state index in [9.17, 15) is 0 Å². The number of aliphatic hydroxyl groups excluding tert-OH is 1. The molecule has 0 heterocycles. The van der Waals surface area contributed by atoms with Gasteiger partial charge in [0.25, 0.3) is 0 Å². The van der Waals surface area contributed by atoms with Gasteiger partial charge in [0.2, 0.25) is 0 Å². The van der Waals surface area contributed by atoms with Gasteiger partial charge in [0.05, 0.1) is 0 Å². The van der Waals surface area contributed by atoms with E-state index >= 15 is 0 Å². The van der Waals surface area contributed by atoms with Crippen LogP contribution in [0.2, 0.25) is 0 Å². The number of alkyl halides is 1. The quantitative estimate of drug-likeness (QED) is 0.595. The van der Waals surface area contributed by atoms with Crippen molar-refractivity contribution < 1.29 is 5.11 Å². The van der Waals surface area contributed by atoms with Gasteiger partial charge >= 0.3 is 0 Å². The highest BCUT2D eigenvalue weighted by molar-refractivity contribution is 9.09. The first-order chi connectivity index (χ1) is 3.79. The SMILES string of the molecule is OC[C@H]1C[C@@]12C[C@@H]2Br. The van der Waals surface area contributed by atoms with Gasteiger partial charge in [0.15, 0.2) is 0 Å². The lowest BCUT2D eigenvalue weighted by Gasteiger charge is -1.84. The molecule has 0 amide bonds. The highest BCUT2D eigenvalue weighted by Gasteiger charge is 2.68. The van der Waals surface area contributed by atoms with Crippen LogP contribution in [0.15, 0.2) is 0 Å². The molecule has 1 N–H and O–H groups in total. The molecule has 2 aliphatic rings. The molecule has 8 heavy (non-hydrogen) atoms. The zero-order valence-electron chi connectivity index (χ0n) is 4.60. The fourth-order valence-corrected chi connectivity index (χ4v) is 2.72.